The highest BCUT2D eigenvalue weighted by Crippen LogP contribution is 2.33. The molecule has 4 nitrogen and oxygen atoms in total. The van der Waals surface area contributed by atoms with Crippen LogP contribution >= 0.6 is 22.6 Å². The first-order chi connectivity index (χ1) is 8.87. The van der Waals surface area contributed by atoms with Crippen molar-refractivity contribution in [3.8, 4) is 0 Å². The van der Waals surface area contributed by atoms with Gasteiger partial charge >= 0.3 is 6.09 Å². The van der Waals surface area contributed by atoms with Crippen LogP contribution in [0.1, 0.15) is 45.2 Å². The average Bonchev–Trinajstić information content (AvgIpc) is 2.75. The molecule has 1 fully saturated rings. The number of hydrogen-bond acceptors (Lipinski definition) is 3. The third-order valence-electron chi connectivity index (χ3n) is 3.02. The Morgan fingerprint density at radius 3 is 2.89 bits per heavy atom. The highest BCUT2D eigenvalue weighted by atomic mass is 127. The number of pyridine rings is 1. The molecule has 19 heavy (non-hydrogen) atoms. The minimum atomic E-state index is -0.448. The lowest BCUT2D eigenvalue weighted by molar-refractivity contribution is 0.0224. The first-order valence-corrected chi connectivity index (χ1v) is 7.56. The summed E-state index contributed by atoms with van der Waals surface area (Å²) in [4.78, 5) is 18.2. The summed E-state index contributed by atoms with van der Waals surface area (Å²) in [5, 5.41) is 0. The number of nitrogens with zero attached hydrogens (tertiary/aromatic N) is 2. The number of hydrogen-bond donors (Lipinski definition) is 0. The zero-order chi connectivity index (χ0) is 14.0. The minimum absolute atomic E-state index is 0.117. The van der Waals surface area contributed by atoms with E-state index >= 15 is 0 Å². The third kappa shape index (κ3) is 3.81. The van der Waals surface area contributed by atoms with Crippen LogP contribution in [0.3, 0.4) is 0 Å². The van der Waals surface area contributed by atoms with Gasteiger partial charge in [-0.15, -0.1) is 0 Å². The highest BCUT2D eigenvalue weighted by Gasteiger charge is 2.33. The summed E-state index contributed by atoms with van der Waals surface area (Å²) in [6.07, 6.45) is 3.58. The predicted molar refractivity (Wildman–Crippen MR) is 81.9 cm³/mol. The van der Waals surface area contributed by atoms with Gasteiger partial charge in [-0.25, -0.2) is 4.79 Å². The molecule has 0 N–H and O–H groups in total. The Labute approximate surface area is 127 Å². The van der Waals surface area contributed by atoms with Crippen LogP contribution in [0.2, 0.25) is 0 Å². The second kappa shape index (κ2) is 5.64. The van der Waals surface area contributed by atoms with E-state index in [1.54, 1.807) is 6.20 Å². The van der Waals surface area contributed by atoms with Crippen molar-refractivity contribution in [2.45, 2.75) is 45.3 Å². The van der Waals surface area contributed by atoms with Crippen molar-refractivity contribution in [2.24, 2.45) is 0 Å². The highest BCUT2D eigenvalue weighted by molar-refractivity contribution is 14.1. The first kappa shape index (κ1) is 14.6. The largest absolute Gasteiger partial charge is 0.444 e. The lowest BCUT2D eigenvalue weighted by atomic mass is 10.1. The van der Waals surface area contributed by atoms with Crippen LogP contribution in [0.15, 0.2) is 18.3 Å². The second-order valence-corrected chi connectivity index (χ2v) is 6.85. The van der Waals surface area contributed by atoms with Crippen LogP contribution < -0.4 is 0 Å². The van der Waals surface area contributed by atoms with Crippen molar-refractivity contribution >= 4 is 28.7 Å². The van der Waals surface area contributed by atoms with Gasteiger partial charge in [0.25, 0.3) is 0 Å². The van der Waals surface area contributed by atoms with Crippen molar-refractivity contribution in [3.63, 3.8) is 0 Å². The molecule has 1 aromatic rings. The molecule has 0 bridgehead atoms. The van der Waals surface area contributed by atoms with E-state index in [0.717, 1.165) is 28.7 Å². The van der Waals surface area contributed by atoms with Gasteiger partial charge in [0, 0.05) is 12.7 Å². The van der Waals surface area contributed by atoms with Crippen LogP contribution in [0.5, 0.6) is 0 Å². The van der Waals surface area contributed by atoms with E-state index in [0.29, 0.717) is 0 Å². The maximum absolute atomic E-state index is 12.2. The molecule has 0 aromatic carbocycles. The maximum Gasteiger partial charge on any atom is 0.410 e. The Balaban J connectivity index is 2.15. The molecule has 0 radical (unpaired) electrons. The van der Waals surface area contributed by atoms with Gasteiger partial charge in [-0.05, 0) is 73.9 Å². The van der Waals surface area contributed by atoms with Gasteiger partial charge in [-0.1, -0.05) is 0 Å². The SMILES string of the molecule is CC(C)(C)OC(=O)N1CCCC1c1ccnc(I)c1. The molecule has 2 rings (SSSR count). The van der Waals surface area contributed by atoms with E-state index in [-0.39, 0.29) is 12.1 Å². The monoisotopic (exact) mass is 374 g/mol. The van der Waals surface area contributed by atoms with E-state index in [9.17, 15) is 4.79 Å². The fourth-order valence-electron chi connectivity index (χ4n) is 2.28. The van der Waals surface area contributed by atoms with Crippen LogP contribution in [-0.4, -0.2) is 28.1 Å². The molecule has 2 heterocycles. The number of amides is 1. The standard InChI is InChI=1S/C14H19IN2O2/c1-14(2,3)19-13(18)17-8-4-5-11(17)10-6-7-16-12(15)9-10/h6-7,9,11H,4-5,8H2,1-3H3. The molecule has 1 amide bonds. The van der Waals surface area contributed by atoms with Gasteiger partial charge in [-0.3, -0.25) is 4.98 Å². The van der Waals surface area contributed by atoms with Crippen LogP contribution in [0, 0.1) is 3.70 Å². The van der Waals surface area contributed by atoms with Gasteiger partial charge in [0.15, 0.2) is 0 Å². The predicted octanol–water partition coefficient (Wildman–Crippen LogP) is 3.76. The molecule has 0 spiro atoms. The van der Waals surface area contributed by atoms with E-state index in [1.165, 1.54) is 0 Å². The zero-order valence-corrected chi connectivity index (χ0v) is 13.7. The van der Waals surface area contributed by atoms with Crippen LogP contribution in [0.25, 0.3) is 0 Å². The molecule has 0 aliphatic carbocycles. The molecule has 1 aromatic heterocycles. The lowest BCUT2D eigenvalue weighted by Gasteiger charge is -2.28. The number of rotatable bonds is 1. The normalized spacial score (nSPS) is 19.6. The Morgan fingerprint density at radius 2 is 2.26 bits per heavy atom. The molecule has 1 aliphatic heterocycles. The van der Waals surface area contributed by atoms with Gasteiger partial charge in [0.1, 0.15) is 9.30 Å². The van der Waals surface area contributed by atoms with E-state index < -0.39 is 5.60 Å². The smallest absolute Gasteiger partial charge is 0.410 e. The average molecular weight is 374 g/mol. The number of carbonyl (C=O) groups excluding carboxylic acids is 1. The summed E-state index contributed by atoms with van der Waals surface area (Å²) >= 11 is 2.19. The van der Waals surface area contributed by atoms with E-state index in [4.69, 9.17) is 4.74 Å². The molecular weight excluding hydrogens is 355 g/mol. The fourth-order valence-corrected chi connectivity index (χ4v) is 2.80. The summed E-state index contributed by atoms with van der Waals surface area (Å²) in [5.74, 6) is 0. The summed E-state index contributed by atoms with van der Waals surface area (Å²) in [6.45, 7) is 6.44. The zero-order valence-electron chi connectivity index (χ0n) is 11.5. The number of ether oxygens (including phenoxy) is 1. The molecular formula is C14H19IN2O2. The Bertz CT molecular complexity index is 471. The Hall–Kier alpha value is -0.850. The van der Waals surface area contributed by atoms with Crippen molar-refractivity contribution in [2.75, 3.05) is 6.54 Å². The summed E-state index contributed by atoms with van der Waals surface area (Å²) < 4.78 is 6.42. The molecule has 104 valence electrons. The molecule has 5 heteroatoms. The Kier molecular flexibility index (Phi) is 4.32. The van der Waals surface area contributed by atoms with Crippen LogP contribution in [0.4, 0.5) is 4.79 Å². The number of halogens is 1. The van der Waals surface area contributed by atoms with Gasteiger partial charge in [0.05, 0.1) is 6.04 Å². The van der Waals surface area contributed by atoms with E-state index in [1.807, 2.05) is 37.8 Å². The topological polar surface area (TPSA) is 42.4 Å². The fraction of sp³-hybridized carbons (Fsp3) is 0.571. The minimum Gasteiger partial charge on any atom is -0.444 e. The molecule has 1 aliphatic rings. The summed E-state index contributed by atoms with van der Waals surface area (Å²) in [6, 6.07) is 4.13. The lowest BCUT2D eigenvalue weighted by Crippen LogP contribution is -2.36. The molecule has 1 saturated heterocycles. The number of carbonyl (C=O) groups is 1. The van der Waals surface area contributed by atoms with Gasteiger partial charge in [-0.2, -0.15) is 0 Å². The summed E-state index contributed by atoms with van der Waals surface area (Å²) in [7, 11) is 0. The van der Waals surface area contributed by atoms with Crippen molar-refractivity contribution < 1.29 is 9.53 Å². The van der Waals surface area contributed by atoms with Gasteiger partial charge in [0.2, 0.25) is 0 Å². The number of aromatic nitrogens is 1. The maximum atomic E-state index is 12.2. The van der Waals surface area contributed by atoms with Gasteiger partial charge < -0.3 is 9.64 Å². The van der Waals surface area contributed by atoms with Crippen molar-refractivity contribution in [1.82, 2.24) is 9.88 Å². The van der Waals surface area contributed by atoms with Crippen LogP contribution in [-0.2, 0) is 4.74 Å². The summed E-state index contributed by atoms with van der Waals surface area (Å²) in [5.41, 5.74) is 0.694. The quantitative estimate of drug-likeness (QED) is 0.555. The second-order valence-electron chi connectivity index (χ2n) is 5.74. The first-order valence-electron chi connectivity index (χ1n) is 6.48. The van der Waals surface area contributed by atoms with E-state index in [2.05, 4.69) is 27.6 Å². The molecule has 1 unspecified atom stereocenters. The third-order valence-corrected chi connectivity index (χ3v) is 3.61. The Morgan fingerprint density at radius 1 is 1.53 bits per heavy atom. The molecule has 0 saturated carbocycles. The molecule has 1 atom stereocenters. The van der Waals surface area contributed by atoms with Crippen molar-refractivity contribution in [3.05, 3.63) is 27.6 Å². The van der Waals surface area contributed by atoms with Crippen molar-refractivity contribution in [1.29, 1.82) is 0 Å². The number of likely N-dealkylation sites (tertiary alicyclic amines) is 1.